The molecule has 0 spiro atoms. The van der Waals surface area contributed by atoms with Gasteiger partial charge in [0.2, 0.25) is 0 Å². The maximum atomic E-state index is 13.7. The molecular weight excluding hydrogens is 380 g/mol. The minimum atomic E-state index is -0.143. The Hall–Kier alpha value is -3.18. The van der Waals surface area contributed by atoms with E-state index in [1.807, 2.05) is 54.8 Å². The maximum Gasteiger partial charge on any atom is 0.267 e. The number of hydrogen-bond donors (Lipinski definition) is 1. The van der Waals surface area contributed by atoms with Gasteiger partial charge in [-0.3, -0.25) is 9.36 Å². The van der Waals surface area contributed by atoms with Crippen molar-refractivity contribution in [2.75, 3.05) is 0 Å². The highest BCUT2D eigenvalue weighted by atomic mass is 32.1. The Labute approximate surface area is 173 Å². The van der Waals surface area contributed by atoms with Crippen molar-refractivity contribution in [3.8, 4) is 33.3 Å². The van der Waals surface area contributed by atoms with Gasteiger partial charge in [0.15, 0.2) is 5.82 Å². The van der Waals surface area contributed by atoms with Gasteiger partial charge in [0.25, 0.3) is 5.56 Å². The summed E-state index contributed by atoms with van der Waals surface area (Å²) in [7, 11) is 0. The fourth-order valence-electron chi connectivity index (χ4n) is 3.42. The molecule has 0 saturated carbocycles. The van der Waals surface area contributed by atoms with Crippen LogP contribution in [0.4, 0.5) is 0 Å². The van der Waals surface area contributed by atoms with Gasteiger partial charge in [0.1, 0.15) is 5.75 Å². The molecule has 0 amide bonds. The van der Waals surface area contributed by atoms with E-state index >= 15 is 0 Å². The van der Waals surface area contributed by atoms with Crippen LogP contribution in [-0.4, -0.2) is 14.7 Å². The zero-order valence-corrected chi connectivity index (χ0v) is 17.4. The molecular formula is C24H22N2O2S. The SMILES string of the molecule is Cc1nc(-c2ccccc2O)n(-c2ccc(C(C)C)cc2)c(=O)c1-c1cccs1. The first-order valence-electron chi connectivity index (χ1n) is 9.53. The summed E-state index contributed by atoms with van der Waals surface area (Å²) in [4.78, 5) is 19.3. The van der Waals surface area contributed by atoms with E-state index in [0.29, 0.717) is 28.6 Å². The summed E-state index contributed by atoms with van der Waals surface area (Å²) in [5.41, 5.74) is 3.54. The van der Waals surface area contributed by atoms with Crippen LogP contribution in [0.5, 0.6) is 5.75 Å². The molecule has 0 saturated heterocycles. The van der Waals surface area contributed by atoms with Crippen molar-refractivity contribution in [2.45, 2.75) is 26.7 Å². The minimum absolute atomic E-state index is 0.0928. The molecule has 0 aliphatic rings. The summed E-state index contributed by atoms with van der Waals surface area (Å²) >= 11 is 1.52. The molecule has 0 atom stereocenters. The lowest BCUT2D eigenvalue weighted by molar-refractivity contribution is 0.476. The van der Waals surface area contributed by atoms with Gasteiger partial charge < -0.3 is 5.11 Å². The van der Waals surface area contributed by atoms with Crippen LogP contribution in [-0.2, 0) is 0 Å². The number of hydrogen-bond acceptors (Lipinski definition) is 4. The van der Waals surface area contributed by atoms with Crippen molar-refractivity contribution in [3.63, 3.8) is 0 Å². The first-order chi connectivity index (χ1) is 14.0. The summed E-state index contributed by atoms with van der Waals surface area (Å²) in [5.74, 6) is 0.926. The Morgan fingerprint density at radius 1 is 1.00 bits per heavy atom. The van der Waals surface area contributed by atoms with Crippen LogP contribution in [0.3, 0.4) is 0 Å². The molecule has 5 heteroatoms. The summed E-state index contributed by atoms with van der Waals surface area (Å²) in [6.07, 6.45) is 0. The third-order valence-electron chi connectivity index (χ3n) is 4.99. The van der Waals surface area contributed by atoms with Crippen molar-refractivity contribution in [1.82, 2.24) is 9.55 Å². The zero-order chi connectivity index (χ0) is 20.5. The summed E-state index contributed by atoms with van der Waals surface area (Å²) < 4.78 is 1.60. The van der Waals surface area contributed by atoms with Gasteiger partial charge in [-0.2, -0.15) is 0 Å². The van der Waals surface area contributed by atoms with E-state index in [4.69, 9.17) is 4.98 Å². The Morgan fingerprint density at radius 2 is 1.72 bits per heavy atom. The number of thiophene rings is 1. The molecule has 0 fully saturated rings. The smallest absolute Gasteiger partial charge is 0.267 e. The van der Waals surface area contributed by atoms with Gasteiger partial charge in [-0.15, -0.1) is 11.3 Å². The standard InChI is InChI=1S/C24H22N2O2S/c1-15(2)17-10-12-18(13-11-17)26-23(19-7-4-5-8-20(19)27)25-16(3)22(24(26)28)21-9-6-14-29-21/h4-15,27H,1-3H3. The maximum absolute atomic E-state index is 13.7. The van der Waals surface area contributed by atoms with Crippen LogP contribution in [0.2, 0.25) is 0 Å². The van der Waals surface area contributed by atoms with Crippen molar-refractivity contribution in [3.05, 3.63) is 87.7 Å². The molecule has 4 aromatic rings. The molecule has 0 radical (unpaired) electrons. The second-order valence-electron chi connectivity index (χ2n) is 7.28. The van der Waals surface area contributed by atoms with E-state index in [1.54, 1.807) is 22.8 Å². The number of para-hydroxylation sites is 1. The predicted octanol–water partition coefficient (Wildman–Crippen LogP) is 5.77. The highest BCUT2D eigenvalue weighted by Gasteiger charge is 2.20. The molecule has 4 nitrogen and oxygen atoms in total. The average Bonchev–Trinajstić information content (AvgIpc) is 3.22. The lowest BCUT2D eigenvalue weighted by Gasteiger charge is -2.17. The molecule has 2 aromatic heterocycles. The van der Waals surface area contributed by atoms with E-state index in [-0.39, 0.29) is 11.3 Å². The first-order valence-corrected chi connectivity index (χ1v) is 10.4. The van der Waals surface area contributed by atoms with Crippen molar-refractivity contribution >= 4 is 11.3 Å². The topological polar surface area (TPSA) is 55.1 Å². The Morgan fingerprint density at radius 3 is 2.34 bits per heavy atom. The summed E-state index contributed by atoms with van der Waals surface area (Å²) in [6.45, 7) is 6.11. The molecule has 146 valence electrons. The van der Waals surface area contributed by atoms with E-state index < -0.39 is 0 Å². The molecule has 2 aromatic carbocycles. The summed E-state index contributed by atoms with van der Waals surface area (Å²) in [6, 6.07) is 18.8. The predicted molar refractivity (Wildman–Crippen MR) is 119 cm³/mol. The van der Waals surface area contributed by atoms with Gasteiger partial charge >= 0.3 is 0 Å². The van der Waals surface area contributed by atoms with Crippen LogP contribution >= 0.6 is 11.3 Å². The molecule has 0 bridgehead atoms. The zero-order valence-electron chi connectivity index (χ0n) is 16.6. The number of aryl methyl sites for hydroxylation is 1. The fourth-order valence-corrected chi connectivity index (χ4v) is 4.24. The molecule has 0 unspecified atom stereocenters. The number of benzene rings is 2. The van der Waals surface area contributed by atoms with Crippen LogP contribution in [0.1, 0.15) is 31.0 Å². The third kappa shape index (κ3) is 3.49. The van der Waals surface area contributed by atoms with Crippen LogP contribution in [0.25, 0.3) is 27.5 Å². The highest BCUT2D eigenvalue weighted by molar-refractivity contribution is 7.13. The first kappa shape index (κ1) is 19.2. The van der Waals surface area contributed by atoms with E-state index in [0.717, 1.165) is 10.6 Å². The number of rotatable bonds is 4. The highest BCUT2D eigenvalue weighted by Crippen LogP contribution is 2.31. The lowest BCUT2D eigenvalue weighted by atomic mass is 10.0. The van der Waals surface area contributed by atoms with Crippen LogP contribution in [0, 0.1) is 6.92 Å². The summed E-state index contributed by atoms with van der Waals surface area (Å²) in [5, 5.41) is 12.4. The number of aromatic hydroxyl groups is 1. The Kier molecular flexibility index (Phi) is 5.07. The molecule has 2 heterocycles. The minimum Gasteiger partial charge on any atom is -0.507 e. The lowest BCUT2D eigenvalue weighted by Crippen LogP contribution is -2.24. The molecule has 0 aliphatic carbocycles. The second kappa shape index (κ2) is 7.68. The van der Waals surface area contributed by atoms with Crippen LogP contribution < -0.4 is 5.56 Å². The monoisotopic (exact) mass is 402 g/mol. The number of nitrogens with zero attached hydrogens (tertiary/aromatic N) is 2. The Balaban J connectivity index is 2.04. The van der Waals surface area contributed by atoms with Gasteiger partial charge in [0.05, 0.1) is 22.5 Å². The number of aromatic nitrogens is 2. The van der Waals surface area contributed by atoms with Gasteiger partial charge in [-0.25, -0.2) is 4.98 Å². The largest absolute Gasteiger partial charge is 0.507 e. The van der Waals surface area contributed by atoms with E-state index in [9.17, 15) is 9.90 Å². The molecule has 1 N–H and O–H groups in total. The molecule has 0 aliphatic heterocycles. The van der Waals surface area contributed by atoms with Gasteiger partial charge in [0, 0.05) is 4.88 Å². The molecule has 29 heavy (non-hydrogen) atoms. The van der Waals surface area contributed by atoms with Crippen LogP contribution in [0.15, 0.2) is 70.8 Å². The van der Waals surface area contributed by atoms with Crippen molar-refractivity contribution in [1.29, 1.82) is 0 Å². The number of phenolic OH excluding ortho intramolecular Hbond substituents is 1. The van der Waals surface area contributed by atoms with Crippen molar-refractivity contribution < 1.29 is 5.11 Å². The normalized spacial score (nSPS) is 11.2. The average molecular weight is 403 g/mol. The fraction of sp³-hybridized carbons (Fsp3) is 0.167. The van der Waals surface area contributed by atoms with E-state index in [1.165, 1.54) is 16.9 Å². The quantitative estimate of drug-likeness (QED) is 0.472. The molecule has 4 rings (SSSR count). The van der Waals surface area contributed by atoms with E-state index in [2.05, 4.69) is 13.8 Å². The third-order valence-corrected chi connectivity index (χ3v) is 5.88. The van der Waals surface area contributed by atoms with Crippen molar-refractivity contribution in [2.24, 2.45) is 0 Å². The number of phenols is 1. The van der Waals surface area contributed by atoms with Gasteiger partial charge in [-0.05, 0) is 54.1 Å². The Bertz CT molecular complexity index is 1210. The second-order valence-corrected chi connectivity index (χ2v) is 8.22. The van der Waals surface area contributed by atoms with Gasteiger partial charge in [-0.1, -0.05) is 44.2 Å².